The zero-order valence-corrected chi connectivity index (χ0v) is 21.2. The summed E-state index contributed by atoms with van der Waals surface area (Å²) in [4.78, 5) is 3.78. The fraction of sp³-hybridized carbons (Fsp3) is 0.517. The maximum atomic E-state index is 5.85. The molecule has 174 valence electrons. The van der Waals surface area contributed by atoms with Gasteiger partial charge in [-0.2, -0.15) is 0 Å². The predicted molar refractivity (Wildman–Crippen MR) is 140 cm³/mol. The van der Waals surface area contributed by atoms with Crippen molar-refractivity contribution in [3.8, 4) is 17.0 Å². The number of aromatic amines is 1. The average molecular weight is 508 g/mol. The lowest BCUT2D eigenvalue weighted by atomic mass is 9.48. The number of methoxy groups -OCH3 is 1. The van der Waals surface area contributed by atoms with Crippen LogP contribution in [0.2, 0.25) is 0 Å². The summed E-state index contributed by atoms with van der Waals surface area (Å²) in [5.41, 5.74) is 12.9. The van der Waals surface area contributed by atoms with Crippen LogP contribution < -0.4 is 10.5 Å². The first-order chi connectivity index (χ1) is 16.1. The van der Waals surface area contributed by atoms with E-state index in [1.807, 2.05) is 6.07 Å². The van der Waals surface area contributed by atoms with E-state index < -0.39 is 0 Å². The molecule has 0 atom stereocenters. The Labute approximate surface area is 205 Å². The molecule has 7 rings (SSSR count). The van der Waals surface area contributed by atoms with Gasteiger partial charge in [0.25, 0.3) is 0 Å². The molecule has 3 N–H and O–H groups in total. The molecule has 2 aromatic carbocycles. The fourth-order valence-electron chi connectivity index (χ4n) is 7.85. The van der Waals surface area contributed by atoms with Crippen LogP contribution >= 0.6 is 15.9 Å². The van der Waals surface area contributed by atoms with E-state index in [1.54, 1.807) is 12.7 Å². The van der Waals surface area contributed by atoms with E-state index >= 15 is 0 Å². The first-order valence-electron chi connectivity index (χ1n) is 12.8. The van der Waals surface area contributed by atoms with E-state index in [-0.39, 0.29) is 0 Å². The Morgan fingerprint density at radius 1 is 1.00 bits per heavy atom. The Morgan fingerprint density at radius 2 is 1.73 bits per heavy atom. The van der Waals surface area contributed by atoms with Gasteiger partial charge in [-0.05, 0) is 129 Å². The van der Waals surface area contributed by atoms with Crippen LogP contribution in [0.25, 0.3) is 22.2 Å². The summed E-state index contributed by atoms with van der Waals surface area (Å²) >= 11 is 3.67. The second kappa shape index (κ2) is 8.46. The number of nitrogens with two attached hydrogens (primary N) is 1. The Kier molecular flexibility index (Phi) is 5.57. The van der Waals surface area contributed by atoms with E-state index in [4.69, 9.17) is 10.5 Å². The SMILES string of the molecule is COc1ccc(Br)cc1-c1[nH]c2ccc(C34CC5CC(CC(C5)C3)C4)cc2c1CCCCN. The summed E-state index contributed by atoms with van der Waals surface area (Å²) < 4.78 is 6.83. The van der Waals surface area contributed by atoms with Crippen molar-refractivity contribution in [1.82, 2.24) is 4.98 Å². The van der Waals surface area contributed by atoms with Gasteiger partial charge in [0.15, 0.2) is 0 Å². The van der Waals surface area contributed by atoms with Gasteiger partial charge in [-0.15, -0.1) is 0 Å². The smallest absolute Gasteiger partial charge is 0.128 e. The molecule has 4 aliphatic rings. The fourth-order valence-corrected chi connectivity index (χ4v) is 8.21. The third-order valence-electron chi connectivity index (χ3n) is 8.87. The predicted octanol–water partition coefficient (Wildman–Crippen LogP) is 7.36. The number of H-pyrrole nitrogens is 1. The number of fused-ring (bicyclic) bond motifs is 1. The van der Waals surface area contributed by atoms with Crippen LogP contribution in [0.4, 0.5) is 0 Å². The third kappa shape index (κ3) is 3.74. The lowest BCUT2D eigenvalue weighted by Gasteiger charge is -2.57. The van der Waals surface area contributed by atoms with Crippen molar-refractivity contribution in [2.75, 3.05) is 13.7 Å². The number of hydrogen-bond acceptors (Lipinski definition) is 2. The lowest BCUT2D eigenvalue weighted by molar-refractivity contribution is -0.00513. The molecule has 0 saturated heterocycles. The minimum absolute atomic E-state index is 0.419. The number of benzene rings is 2. The van der Waals surface area contributed by atoms with Gasteiger partial charge in [0.05, 0.1) is 12.8 Å². The standard InChI is InChI=1S/C29H35BrN2O/c1-33-27-8-6-22(30)14-25(27)28-23(4-2-3-9-31)24-13-21(5-7-26(24)32-28)29-15-18-10-19(16-29)12-20(11-18)17-29/h5-8,13-14,18-20,32H,2-4,9-12,15-17,31H2,1H3. The molecule has 4 saturated carbocycles. The van der Waals surface area contributed by atoms with E-state index in [2.05, 4.69) is 51.2 Å². The molecule has 4 aliphatic carbocycles. The Balaban J connectivity index is 1.48. The largest absolute Gasteiger partial charge is 0.496 e. The van der Waals surface area contributed by atoms with Crippen molar-refractivity contribution in [1.29, 1.82) is 0 Å². The number of aryl methyl sites for hydroxylation is 1. The monoisotopic (exact) mass is 506 g/mol. The first-order valence-corrected chi connectivity index (χ1v) is 13.6. The molecule has 4 bridgehead atoms. The molecule has 3 aromatic rings. The molecular weight excluding hydrogens is 472 g/mol. The van der Waals surface area contributed by atoms with Crippen molar-refractivity contribution < 1.29 is 4.74 Å². The molecule has 0 aliphatic heterocycles. The molecule has 0 unspecified atom stereocenters. The average Bonchev–Trinajstić information content (AvgIpc) is 3.16. The van der Waals surface area contributed by atoms with Crippen molar-refractivity contribution in [3.63, 3.8) is 0 Å². The van der Waals surface area contributed by atoms with Crippen LogP contribution in [0.5, 0.6) is 5.75 Å². The Morgan fingerprint density at radius 3 is 2.39 bits per heavy atom. The zero-order valence-electron chi connectivity index (χ0n) is 19.6. The highest BCUT2D eigenvalue weighted by molar-refractivity contribution is 9.10. The Hall–Kier alpha value is -1.78. The van der Waals surface area contributed by atoms with Crippen LogP contribution in [-0.4, -0.2) is 18.6 Å². The molecular formula is C29H35BrN2O. The second-order valence-electron chi connectivity index (χ2n) is 11.0. The molecule has 33 heavy (non-hydrogen) atoms. The van der Waals surface area contributed by atoms with Gasteiger partial charge in [0.1, 0.15) is 5.75 Å². The van der Waals surface area contributed by atoms with E-state index in [9.17, 15) is 0 Å². The van der Waals surface area contributed by atoms with Gasteiger partial charge in [0, 0.05) is 20.9 Å². The Bertz CT molecular complexity index is 1140. The van der Waals surface area contributed by atoms with Crippen molar-refractivity contribution in [2.24, 2.45) is 23.5 Å². The highest BCUT2D eigenvalue weighted by Gasteiger charge is 2.51. The number of nitrogens with one attached hydrogen (secondary N) is 1. The summed E-state index contributed by atoms with van der Waals surface area (Å²) in [6.07, 6.45) is 11.9. The quantitative estimate of drug-likeness (QED) is 0.329. The molecule has 1 aromatic heterocycles. The van der Waals surface area contributed by atoms with E-state index in [0.717, 1.165) is 59.3 Å². The zero-order chi connectivity index (χ0) is 22.6. The number of halogens is 1. The second-order valence-corrected chi connectivity index (χ2v) is 11.9. The highest BCUT2D eigenvalue weighted by atomic mass is 79.9. The maximum Gasteiger partial charge on any atom is 0.128 e. The van der Waals surface area contributed by atoms with Crippen LogP contribution in [0.3, 0.4) is 0 Å². The van der Waals surface area contributed by atoms with E-state index in [1.165, 1.54) is 60.7 Å². The van der Waals surface area contributed by atoms with Crippen molar-refractivity contribution >= 4 is 26.8 Å². The van der Waals surface area contributed by atoms with Gasteiger partial charge < -0.3 is 15.5 Å². The van der Waals surface area contributed by atoms with Crippen LogP contribution in [0.1, 0.15) is 62.5 Å². The maximum absolute atomic E-state index is 5.85. The lowest BCUT2D eigenvalue weighted by Crippen LogP contribution is -2.48. The summed E-state index contributed by atoms with van der Waals surface area (Å²) in [6, 6.07) is 13.6. The number of aromatic nitrogens is 1. The molecule has 0 radical (unpaired) electrons. The number of unbranched alkanes of at least 4 members (excludes halogenated alkanes) is 1. The van der Waals surface area contributed by atoms with Crippen molar-refractivity contribution in [3.05, 3.63) is 52.0 Å². The van der Waals surface area contributed by atoms with Gasteiger partial charge in [-0.25, -0.2) is 0 Å². The molecule has 4 fully saturated rings. The molecule has 0 amide bonds. The normalized spacial score (nSPS) is 28.0. The topological polar surface area (TPSA) is 51.0 Å². The van der Waals surface area contributed by atoms with Crippen molar-refractivity contribution in [2.45, 2.75) is 63.2 Å². The number of ether oxygens (including phenoxy) is 1. The van der Waals surface area contributed by atoms with Gasteiger partial charge in [-0.3, -0.25) is 0 Å². The van der Waals surface area contributed by atoms with Crippen LogP contribution in [0, 0.1) is 17.8 Å². The summed E-state index contributed by atoms with van der Waals surface area (Å²) in [7, 11) is 1.76. The first kappa shape index (κ1) is 21.7. The number of hydrogen-bond donors (Lipinski definition) is 2. The summed E-state index contributed by atoms with van der Waals surface area (Å²) in [5.74, 6) is 3.79. The molecule has 1 heterocycles. The highest BCUT2D eigenvalue weighted by Crippen LogP contribution is 2.61. The minimum Gasteiger partial charge on any atom is -0.496 e. The van der Waals surface area contributed by atoms with Gasteiger partial charge >= 0.3 is 0 Å². The summed E-state index contributed by atoms with van der Waals surface area (Å²) in [6.45, 7) is 0.746. The third-order valence-corrected chi connectivity index (χ3v) is 9.36. The molecule has 3 nitrogen and oxygen atoms in total. The van der Waals surface area contributed by atoms with Crippen LogP contribution in [-0.2, 0) is 11.8 Å². The summed E-state index contributed by atoms with van der Waals surface area (Å²) in [5, 5.41) is 1.40. The van der Waals surface area contributed by atoms with Gasteiger partial charge in [0.2, 0.25) is 0 Å². The number of rotatable bonds is 7. The van der Waals surface area contributed by atoms with Crippen LogP contribution in [0.15, 0.2) is 40.9 Å². The molecule has 4 heteroatoms. The van der Waals surface area contributed by atoms with E-state index in [0.29, 0.717) is 5.41 Å². The minimum atomic E-state index is 0.419. The molecule has 0 spiro atoms. The van der Waals surface area contributed by atoms with Gasteiger partial charge in [-0.1, -0.05) is 22.0 Å².